The Morgan fingerprint density at radius 3 is 2.71 bits per heavy atom. The second kappa shape index (κ2) is 13.5. The maximum atomic E-state index is 14.3. The van der Waals surface area contributed by atoms with Gasteiger partial charge in [-0.1, -0.05) is 31.1 Å². The summed E-state index contributed by atoms with van der Waals surface area (Å²) in [5, 5.41) is 17.7. The maximum Gasteiger partial charge on any atom is 0.408 e. The number of carbonyl (C=O) groups excluding carboxylic acids is 3. The lowest BCUT2D eigenvalue weighted by Gasteiger charge is -2.30. The highest BCUT2D eigenvalue weighted by Crippen LogP contribution is 2.45. The van der Waals surface area contributed by atoms with Gasteiger partial charge in [0.1, 0.15) is 35.6 Å². The molecule has 2 aliphatic heterocycles. The highest BCUT2D eigenvalue weighted by atomic mass is 32.1. The molecular weight excluding hydrogens is 634 g/mol. The largest absolute Gasteiger partial charge is 0.487 e. The number of alkyl carbamates (subject to hydrolysis) is 1. The van der Waals surface area contributed by atoms with Crippen LogP contribution in [0.5, 0.6) is 5.75 Å². The molecule has 2 aliphatic carbocycles. The molecule has 1 saturated heterocycles. The van der Waals surface area contributed by atoms with E-state index in [9.17, 15) is 24.3 Å². The molecule has 4 aliphatic rings. The molecule has 13 heteroatoms. The van der Waals surface area contributed by atoms with E-state index in [4.69, 9.17) is 14.5 Å². The number of pyridine rings is 2. The number of rotatable bonds is 6. The number of thiophene rings is 1. The number of nitrogens with one attached hydrogen (secondary N) is 2. The Bertz CT molecular complexity index is 1730. The van der Waals surface area contributed by atoms with Gasteiger partial charge in [-0.3, -0.25) is 14.6 Å². The Kier molecular flexibility index (Phi) is 9.04. The molecule has 0 bridgehead atoms. The first-order chi connectivity index (χ1) is 23.3. The lowest BCUT2D eigenvalue weighted by molar-refractivity contribution is -0.145. The van der Waals surface area contributed by atoms with E-state index in [1.165, 1.54) is 16.2 Å². The van der Waals surface area contributed by atoms with Crippen LogP contribution in [-0.2, 0) is 19.1 Å². The molecule has 3 aromatic rings. The summed E-state index contributed by atoms with van der Waals surface area (Å²) in [6.07, 6.45) is 10.7. The minimum Gasteiger partial charge on any atom is -0.487 e. The van der Waals surface area contributed by atoms with Gasteiger partial charge >= 0.3 is 12.1 Å². The molecule has 0 radical (unpaired) electrons. The Labute approximate surface area is 281 Å². The molecule has 0 spiro atoms. The number of allylic oxidation sites excluding steroid dienone is 1. The summed E-state index contributed by atoms with van der Waals surface area (Å²) in [5.74, 6) is -1.84. The quantitative estimate of drug-likeness (QED) is 0.312. The Hall–Kier alpha value is -4.52. The van der Waals surface area contributed by atoms with Gasteiger partial charge in [0.15, 0.2) is 0 Å². The molecule has 0 aromatic carbocycles. The van der Waals surface area contributed by atoms with Crippen molar-refractivity contribution in [1.82, 2.24) is 25.5 Å². The van der Waals surface area contributed by atoms with Crippen LogP contribution in [0.3, 0.4) is 0 Å². The van der Waals surface area contributed by atoms with E-state index in [1.807, 2.05) is 47.9 Å². The fourth-order valence-electron chi connectivity index (χ4n) is 6.80. The minimum absolute atomic E-state index is 0.0737. The summed E-state index contributed by atoms with van der Waals surface area (Å²) in [6.45, 7) is 0.0737. The van der Waals surface area contributed by atoms with Crippen LogP contribution in [0.15, 0.2) is 54.1 Å². The number of fused-ring (bicyclic) bond motifs is 3. The van der Waals surface area contributed by atoms with Gasteiger partial charge in [0.2, 0.25) is 11.8 Å². The average molecular weight is 674 g/mol. The summed E-state index contributed by atoms with van der Waals surface area (Å²) in [5.41, 5.74) is 0.630. The third-order valence-corrected chi connectivity index (χ3v) is 10.8. The molecule has 252 valence electrons. The highest BCUT2D eigenvalue weighted by molar-refractivity contribution is 7.17. The number of aliphatic carboxylic acids is 1. The molecule has 5 atom stereocenters. The number of nitrogens with zero attached hydrogens (tertiary/aromatic N) is 3. The van der Waals surface area contributed by atoms with Crippen molar-refractivity contribution >= 4 is 45.4 Å². The molecule has 48 heavy (non-hydrogen) atoms. The number of hydrogen-bond donors (Lipinski definition) is 3. The highest BCUT2D eigenvalue weighted by Gasteiger charge is 2.61. The molecule has 3 fully saturated rings. The van der Waals surface area contributed by atoms with Crippen LogP contribution < -0.4 is 15.4 Å². The number of carboxylic acid groups (broad SMARTS) is 1. The van der Waals surface area contributed by atoms with E-state index >= 15 is 0 Å². The summed E-state index contributed by atoms with van der Waals surface area (Å²) in [6, 6.07) is 7.38. The molecule has 12 nitrogen and oxygen atoms in total. The SMILES string of the molecule is O=C(N[C@H]1CCCCC/C=C/[C@@H]2C[C@@]2(C(=O)O)NC(=O)[C@@H]2C[C@@H](Oc3cc(-c4ccccn4)nc4ccsc34)CN2C1=O)OC1CCC1. The fraction of sp³-hybridized carbons (Fsp3) is 0.486. The zero-order chi connectivity index (χ0) is 33.3. The number of ether oxygens (including phenoxy) is 2. The molecule has 7 rings (SSSR count). The first kappa shape index (κ1) is 32.0. The van der Waals surface area contributed by atoms with E-state index in [2.05, 4.69) is 15.6 Å². The van der Waals surface area contributed by atoms with Crippen LogP contribution in [0, 0.1) is 5.92 Å². The van der Waals surface area contributed by atoms with Crippen molar-refractivity contribution in [2.45, 2.75) is 94.0 Å². The number of carboxylic acids is 1. The standard InChI is InChI=1S/C35H39N5O7S/c41-31-28-17-23(46-29-18-27(24-12-6-7-15-36-24)37-25-14-16-48-30(25)29)20-40(28)32(42)26(38-34(45)47-22-10-8-11-22)13-5-3-1-2-4-9-21-19-35(21,39-31)33(43)44/h4,6-7,9,12,14-16,18,21-23,26,28H,1-3,5,8,10-11,13,17,19-20H2,(H,38,45)(H,39,41)(H,43,44)/b9-4+/t21-,23-,26+,28+,35-/m1/s1. The zero-order valence-electron chi connectivity index (χ0n) is 26.5. The predicted molar refractivity (Wildman–Crippen MR) is 177 cm³/mol. The summed E-state index contributed by atoms with van der Waals surface area (Å²) in [4.78, 5) is 64.2. The van der Waals surface area contributed by atoms with E-state index in [0.717, 1.165) is 48.7 Å². The van der Waals surface area contributed by atoms with Crippen molar-refractivity contribution in [1.29, 1.82) is 0 Å². The van der Waals surface area contributed by atoms with Crippen molar-refractivity contribution in [3.63, 3.8) is 0 Å². The van der Waals surface area contributed by atoms with Gasteiger partial charge in [0.05, 0.1) is 28.1 Å². The fourth-order valence-corrected chi connectivity index (χ4v) is 7.59. The molecule has 0 unspecified atom stereocenters. The second-order valence-corrected chi connectivity index (χ2v) is 14.1. The number of amides is 3. The monoisotopic (exact) mass is 673 g/mol. The number of aromatic nitrogens is 2. The lowest BCUT2D eigenvalue weighted by atomic mass is 9.96. The zero-order valence-corrected chi connectivity index (χ0v) is 27.3. The van der Waals surface area contributed by atoms with E-state index < -0.39 is 47.6 Å². The van der Waals surface area contributed by atoms with Crippen molar-refractivity contribution in [3.8, 4) is 17.1 Å². The van der Waals surface area contributed by atoms with Gasteiger partial charge in [-0.05, 0) is 68.5 Å². The van der Waals surface area contributed by atoms with Crippen molar-refractivity contribution in [3.05, 3.63) is 54.1 Å². The smallest absolute Gasteiger partial charge is 0.408 e. The summed E-state index contributed by atoms with van der Waals surface area (Å²) < 4.78 is 12.9. The van der Waals surface area contributed by atoms with Crippen LogP contribution in [0.25, 0.3) is 21.6 Å². The third kappa shape index (κ3) is 6.60. The maximum absolute atomic E-state index is 14.3. The lowest BCUT2D eigenvalue weighted by Crippen LogP contribution is -2.56. The van der Waals surface area contributed by atoms with Crippen LogP contribution in [0.2, 0.25) is 0 Å². The van der Waals surface area contributed by atoms with Gasteiger partial charge in [0.25, 0.3) is 0 Å². The van der Waals surface area contributed by atoms with Crippen molar-refractivity contribution in [2.24, 2.45) is 5.92 Å². The molecule has 3 N–H and O–H groups in total. The first-order valence-corrected chi connectivity index (χ1v) is 17.6. The Morgan fingerprint density at radius 2 is 1.94 bits per heavy atom. The first-order valence-electron chi connectivity index (χ1n) is 16.8. The average Bonchev–Trinajstić information content (AvgIpc) is 3.35. The Balaban J connectivity index is 1.18. The Morgan fingerprint density at radius 1 is 1.06 bits per heavy atom. The molecule has 5 heterocycles. The summed E-state index contributed by atoms with van der Waals surface area (Å²) >= 11 is 1.48. The van der Waals surface area contributed by atoms with Crippen molar-refractivity contribution in [2.75, 3.05) is 6.54 Å². The van der Waals surface area contributed by atoms with Gasteiger partial charge < -0.3 is 30.1 Å². The van der Waals surface area contributed by atoms with Crippen LogP contribution in [-0.4, -0.2) is 80.2 Å². The minimum atomic E-state index is -1.42. The number of hydrogen-bond acceptors (Lipinski definition) is 9. The molecule has 3 aromatic heterocycles. The van der Waals surface area contributed by atoms with E-state index in [-0.39, 0.29) is 31.4 Å². The molecule has 3 amide bonds. The topological polar surface area (TPSA) is 160 Å². The van der Waals surface area contributed by atoms with Gasteiger partial charge in [-0.15, -0.1) is 11.3 Å². The van der Waals surface area contributed by atoms with Crippen LogP contribution in [0.1, 0.15) is 64.2 Å². The van der Waals surface area contributed by atoms with Gasteiger partial charge in [0, 0.05) is 24.6 Å². The van der Waals surface area contributed by atoms with Crippen LogP contribution >= 0.6 is 11.3 Å². The molecule has 2 saturated carbocycles. The summed E-state index contributed by atoms with van der Waals surface area (Å²) in [7, 11) is 0. The predicted octanol–water partition coefficient (Wildman–Crippen LogP) is 4.83. The molecular formula is C35H39N5O7S. The van der Waals surface area contributed by atoms with E-state index in [0.29, 0.717) is 30.0 Å². The van der Waals surface area contributed by atoms with Crippen LogP contribution in [0.4, 0.5) is 4.79 Å². The van der Waals surface area contributed by atoms with Gasteiger partial charge in [-0.2, -0.15) is 0 Å². The van der Waals surface area contributed by atoms with Crippen molar-refractivity contribution < 1.29 is 33.8 Å². The van der Waals surface area contributed by atoms with Gasteiger partial charge in [-0.25, -0.2) is 14.6 Å². The van der Waals surface area contributed by atoms with E-state index in [1.54, 1.807) is 6.20 Å². The normalized spacial score (nSPS) is 28.5. The second-order valence-electron chi connectivity index (χ2n) is 13.1. The number of carbonyl (C=O) groups is 4. The third-order valence-electron chi connectivity index (χ3n) is 9.84.